The molecule has 1 aliphatic heterocycles. The number of benzene rings is 1. The zero-order valence-electron chi connectivity index (χ0n) is 19.9. The van der Waals surface area contributed by atoms with Gasteiger partial charge in [0, 0.05) is 31.6 Å². The van der Waals surface area contributed by atoms with Gasteiger partial charge in [-0.1, -0.05) is 13.3 Å². The van der Waals surface area contributed by atoms with Crippen LogP contribution in [0.2, 0.25) is 0 Å². The molecule has 0 saturated heterocycles. The van der Waals surface area contributed by atoms with E-state index >= 15 is 0 Å². The van der Waals surface area contributed by atoms with E-state index in [4.69, 9.17) is 16.6 Å². The second-order valence-corrected chi connectivity index (χ2v) is 8.29. The lowest BCUT2D eigenvalue weighted by Crippen LogP contribution is -2.42. The molecule has 0 spiro atoms. The topological polar surface area (TPSA) is 140 Å². The van der Waals surface area contributed by atoms with Gasteiger partial charge in [-0.2, -0.15) is 13.2 Å². The summed E-state index contributed by atoms with van der Waals surface area (Å²) in [5.41, 5.74) is 10.6. The first kappa shape index (κ1) is 29.9. The van der Waals surface area contributed by atoms with Crippen molar-refractivity contribution in [2.75, 3.05) is 18.4 Å². The number of hydrogen-bond donors (Lipinski definition) is 4. The van der Waals surface area contributed by atoms with Gasteiger partial charge in [-0.05, 0) is 31.0 Å². The summed E-state index contributed by atoms with van der Waals surface area (Å²) in [6.45, 7) is 2.18. The number of carboxylic acid groups (broad SMARTS) is 1. The number of halogens is 6. The average Bonchev–Trinajstić information content (AvgIpc) is 3.16. The molecule has 2 heterocycles. The molecule has 1 aliphatic rings. The standard InChI is InChI=1S/C18H17F6N5O3.C4H11N/c19-10-6-12(21)11(20)4-8(10)3-9(25)5-14(30)28-1-2-29-13(7-28)15(27-17(31)32)26-16(29)18(22,23)24;1-2-3-4-5/h4,6,9,27H,1-3,5,7,25H2,(H,31,32);2-5H2,1H3. The third kappa shape index (κ3) is 8.08. The van der Waals surface area contributed by atoms with Gasteiger partial charge in [-0.3, -0.25) is 10.1 Å². The van der Waals surface area contributed by atoms with E-state index in [9.17, 15) is 35.9 Å². The van der Waals surface area contributed by atoms with Gasteiger partial charge in [-0.25, -0.2) is 22.9 Å². The largest absolute Gasteiger partial charge is 0.465 e. The Labute approximate surface area is 208 Å². The molecule has 2 amide bonds. The van der Waals surface area contributed by atoms with Crippen LogP contribution >= 0.6 is 0 Å². The fourth-order valence-corrected chi connectivity index (χ4v) is 3.63. The van der Waals surface area contributed by atoms with Crippen LogP contribution < -0.4 is 16.8 Å². The number of aromatic nitrogens is 2. The first-order chi connectivity index (χ1) is 17.3. The van der Waals surface area contributed by atoms with Crippen molar-refractivity contribution < 1.29 is 41.0 Å². The number of hydrogen-bond acceptors (Lipinski definition) is 5. The van der Waals surface area contributed by atoms with Gasteiger partial charge in [0.05, 0.1) is 12.2 Å². The van der Waals surface area contributed by atoms with Crippen molar-refractivity contribution in [2.45, 2.75) is 57.9 Å². The smallest absolute Gasteiger partial charge is 0.449 e. The number of nitrogens with two attached hydrogens (primary N) is 2. The fraction of sp³-hybridized carbons (Fsp3) is 0.500. The Balaban J connectivity index is 0.000000877. The number of nitrogens with one attached hydrogen (secondary N) is 1. The molecule has 0 radical (unpaired) electrons. The Kier molecular flexibility index (Phi) is 10.3. The Morgan fingerprint density at radius 3 is 2.35 bits per heavy atom. The maximum Gasteiger partial charge on any atom is 0.449 e. The van der Waals surface area contributed by atoms with Crippen LogP contribution in [0.3, 0.4) is 0 Å². The number of fused-ring (bicyclic) bond motifs is 1. The third-order valence-electron chi connectivity index (χ3n) is 5.40. The van der Waals surface area contributed by atoms with Crippen LogP contribution in [0.4, 0.5) is 37.0 Å². The van der Waals surface area contributed by atoms with Crippen LogP contribution in [0.5, 0.6) is 0 Å². The third-order valence-corrected chi connectivity index (χ3v) is 5.40. The van der Waals surface area contributed by atoms with Crippen LogP contribution in [0.1, 0.15) is 43.3 Å². The summed E-state index contributed by atoms with van der Waals surface area (Å²) in [7, 11) is 0. The summed E-state index contributed by atoms with van der Waals surface area (Å²) >= 11 is 0. The monoisotopic (exact) mass is 538 g/mol. The van der Waals surface area contributed by atoms with Crippen LogP contribution in [0, 0.1) is 17.5 Å². The minimum Gasteiger partial charge on any atom is -0.465 e. The summed E-state index contributed by atoms with van der Waals surface area (Å²) in [5, 5.41) is 10.6. The van der Waals surface area contributed by atoms with Crippen molar-refractivity contribution >= 4 is 17.8 Å². The van der Waals surface area contributed by atoms with Gasteiger partial charge in [0.2, 0.25) is 11.7 Å². The van der Waals surface area contributed by atoms with E-state index in [1.807, 2.05) is 0 Å². The molecule has 1 aromatic carbocycles. The summed E-state index contributed by atoms with van der Waals surface area (Å²) in [5.74, 6) is -6.11. The van der Waals surface area contributed by atoms with Gasteiger partial charge < -0.3 is 26.0 Å². The molecule has 1 atom stereocenters. The summed E-state index contributed by atoms with van der Waals surface area (Å²) in [6, 6.07) is 0.00743. The Morgan fingerprint density at radius 1 is 1.16 bits per heavy atom. The van der Waals surface area contributed by atoms with E-state index in [1.54, 1.807) is 5.32 Å². The number of imidazole rings is 1. The highest BCUT2D eigenvalue weighted by atomic mass is 19.4. The van der Waals surface area contributed by atoms with E-state index in [0.29, 0.717) is 12.1 Å². The molecule has 0 aliphatic carbocycles. The van der Waals surface area contributed by atoms with Gasteiger partial charge >= 0.3 is 12.3 Å². The maximum atomic E-state index is 13.8. The fourth-order valence-electron chi connectivity index (χ4n) is 3.63. The zero-order chi connectivity index (χ0) is 27.9. The van der Waals surface area contributed by atoms with Crippen LogP contribution in [0.25, 0.3) is 0 Å². The highest BCUT2D eigenvalue weighted by molar-refractivity contribution is 5.83. The van der Waals surface area contributed by atoms with Crippen LogP contribution in [-0.4, -0.2) is 50.7 Å². The van der Waals surface area contributed by atoms with E-state index in [2.05, 4.69) is 11.9 Å². The highest BCUT2D eigenvalue weighted by Gasteiger charge is 2.41. The van der Waals surface area contributed by atoms with Crippen molar-refractivity contribution in [1.82, 2.24) is 14.5 Å². The Morgan fingerprint density at radius 2 is 1.81 bits per heavy atom. The number of unbranched alkanes of at least 4 members (excludes halogenated alkanes) is 1. The lowest BCUT2D eigenvalue weighted by atomic mass is 10.0. The number of carbonyl (C=O) groups is 2. The lowest BCUT2D eigenvalue weighted by molar-refractivity contribution is -0.148. The SMILES string of the molecule is CCCCN.NC(CC(=O)N1CCn2c(C(F)(F)F)nc(NC(=O)O)c2C1)Cc1cc(F)c(F)cc1F. The lowest BCUT2D eigenvalue weighted by Gasteiger charge is -2.30. The predicted molar refractivity (Wildman–Crippen MR) is 121 cm³/mol. The molecule has 15 heteroatoms. The average molecular weight is 538 g/mol. The number of amides is 2. The molecule has 1 unspecified atom stereocenters. The zero-order valence-corrected chi connectivity index (χ0v) is 19.9. The van der Waals surface area contributed by atoms with Gasteiger partial charge in [0.1, 0.15) is 5.82 Å². The predicted octanol–water partition coefficient (Wildman–Crippen LogP) is 3.46. The molecular weight excluding hydrogens is 510 g/mol. The maximum absolute atomic E-state index is 13.8. The van der Waals surface area contributed by atoms with Crippen LogP contribution in [-0.2, 0) is 30.5 Å². The van der Waals surface area contributed by atoms with E-state index in [-0.39, 0.29) is 43.7 Å². The minimum absolute atomic E-state index is 0.135. The minimum atomic E-state index is -4.84. The van der Waals surface area contributed by atoms with Crippen molar-refractivity contribution in [3.05, 3.63) is 46.7 Å². The molecule has 0 bridgehead atoms. The second-order valence-electron chi connectivity index (χ2n) is 8.29. The summed E-state index contributed by atoms with van der Waals surface area (Å²) < 4.78 is 80.6. The molecular formula is C22H28F6N6O3. The van der Waals surface area contributed by atoms with Gasteiger partial charge in [-0.15, -0.1) is 0 Å². The molecule has 37 heavy (non-hydrogen) atoms. The molecule has 206 valence electrons. The van der Waals surface area contributed by atoms with Crippen molar-refractivity contribution in [1.29, 1.82) is 0 Å². The number of rotatable bonds is 7. The normalized spacial score (nSPS) is 13.9. The number of carbonyl (C=O) groups excluding carboxylic acids is 1. The van der Waals surface area contributed by atoms with Gasteiger partial charge in [0.25, 0.3) is 0 Å². The van der Waals surface area contributed by atoms with E-state index in [1.165, 1.54) is 12.8 Å². The molecule has 1 aromatic heterocycles. The van der Waals surface area contributed by atoms with Crippen LogP contribution in [0.15, 0.2) is 12.1 Å². The quantitative estimate of drug-likeness (QED) is 0.315. The van der Waals surface area contributed by atoms with Gasteiger partial charge in [0.15, 0.2) is 17.5 Å². The number of anilines is 1. The number of alkyl halides is 3. The van der Waals surface area contributed by atoms with E-state index in [0.717, 1.165) is 16.0 Å². The van der Waals surface area contributed by atoms with Crippen molar-refractivity contribution in [3.63, 3.8) is 0 Å². The number of nitrogens with zero attached hydrogens (tertiary/aromatic N) is 3. The Bertz CT molecular complexity index is 1110. The van der Waals surface area contributed by atoms with Crippen molar-refractivity contribution in [3.8, 4) is 0 Å². The first-order valence-electron chi connectivity index (χ1n) is 11.3. The molecule has 9 nitrogen and oxygen atoms in total. The second kappa shape index (κ2) is 12.8. The first-order valence-corrected chi connectivity index (χ1v) is 11.3. The summed E-state index contributed by atoms with van der Waals surface area (Å²) in [6.07, 6.45) is -4.73. The highest BCUT2D eigenvalue weighted by Crippen LogP contribution is 2.34. The molecule has 6 N–H and O–H groups in total. The van der Waals surface area contributed by atoms with E-state index < -0.39 is 53.3 Å². The molecule has 2 aromatic rings. The molecule has 0 saturated carbocycles. The molecule has 0 fully saturated rings. The Hall–Kier alpha value is -3.33. The summed E-state index contributed by atoms with van der Waals surface area (Å²) in [4.78, 5) is 28.0. The van der Waals surface area contributed by atoms with Crippen molar-refractivity contribution in [2.24, 2.45) is 11.5 Å². The molecule has 3 rings (SSSR count).